The number of benzene rings is 1. The number of nitrogens with zero attached hydrogens (tertiary/aromatic N) is 6. The zero-order chi connectivity index (χ0) is 35.8. The molecule has 0 unspecified atom stereocenters. The number of fused-ring (bicyclic) bond motifs is 2. The second-order valence-electron chi connectivity index (χ2n) is 15.9. The first-order valence-electron chi connectivity index (χ1n) is 18.3. The largest absolute Gasteiger partial charge is 0.352 e. The third-order valence-electron chi connectivity index (χ3n) is 12.0. The summed E-state index contributed by atoms with van der Waals surface area (Å²) in [5, 5.41) is 5.59. The molecular weight excluding hydrogens is 693 g/mol. The fourth-order valence-electron chi connectivity index (χ4n) is 10.2. The summed E-state index contributed by atoms with van der Waals surface area (Å²) in [5.74, 6) is 1.92. The summed E-state index contributed by atoms with van der Waals surface area (Å²) in [4.78, 5) is 44.3. The summed E-state index contributed by atoms with van der Waals surface area (Å²) < 4.78 is 26.9. The van der Waals surface area contributed by atoms with Gasteiger partial charge >= 0.3 is 0 Å². The van der Waals surface area contributed by atoms with E-state index < -0.39 is 21.4 Å². The molecule has 0 saturated heterocycles. The normalized spacial score (nSPS) is 23.7. The summed E-state index contributed by atoms with van der Waals surface area (Å²) in [7, 11) is -3.60. The van der Waals surface area contributed by atoms with E-state index in [4.69, 9.17) is 10.1 Å². The van der Waals surface area contributed by atoms with Crippen LogP contribution in [0.25, 0.3) is 21.5 Å². The Morgan fingerprint density at radius 3 is 2.44 bits per heavy atom. The van der Waals surface area contributed by atoms with Crippen molar-refractivity contribution in [2.45, 2.75) is 71.4 Å². The van der Waals surface area contributed by atoms with E-state index in [2.05, 4.69) is 25.6 Å². The molecule has 52 heavy (non-hydrogen) atoms. The third-order valence-corrected chi connectivity index (χ3v) is 13.8. The minimum Gasteiger partial charge on any atom is -0.352 e. The molecule has 4 saturated carbocycles. The van der Waals surface area contributed by atoms with Gasteiger partial charge in [0.05, 0.1) is 12.6 Å². The van der Waals surface area contributed by atoms with Crippen molar-refractivity contribution in [2.24, 2.45) is 23.2 Å². The molecule has 1 aromatic carbocycles. The minimum absolute atomic E-state index is 0.00823. The second kappa shape index (κ2) is 12.7. The molecule has 0 atom stereocenters. The van der Waals surface area contributed by atoms with Crippen LogP contribution in [0.1, 0.15) is 81.2 Å². The van der Waals surface area contributed by atoms with Crippen molar-refractivity contribution in [3.63, 3.8) is 0 Å². The van der Waals surface area contributed by atoms with Gasteiger partial charge in [-0.05, 0) is 110 Å². The number of pyridine rings is 2. The van der Waals surface area contributed by atoms with Gasteiger partial charge in [-0.25, -0.2) is 23.4 Å². The van der Waals surface area contributed by atoms with Crippen LogP contribution in [-0.4, -0.2) is 63.3 Å². The lowest BCUT2D eigenvalue weighted by Crippen LogP contribution is -2.48. The summed E-state index contributed by atoms with van der Waals surface area (Å²) >= 11 is 1.43. The maximum Gasteiger partial charge on any atom is 0.196 e. The number of aromatic nitrogens is 5. The van der Waals surface area contributed by atoms with Crippen molar-refractivity contribution in [1.29, 1.82) is 0 Å². The van der Waals surface area contributed by atoms with Crippen LogP contribution in [0, 0.1) is 30.1 Å². The second-order valence-corrected chi connectivity index (χ2v) is 19.1. The first kappa shape index (κ1) is 33.5. The Morgan fingerprint density at radius 2 is 1.71 bits per heavy atom. The maximum atomic E-state index is 13.7. The van der Waals surface area contributed by atoms with Gasteiger partial charge in [-0.3, -0.25) is 14.3 Å². The molecule has 5 heterocycles. The number of hydrogen-bond donors (Lipinski definition) is 0. The number of hydrogen-bond acceptors (Lipinski definition) is 10. The van der Waals surface area contributed by atoms with Gasteiger partial charge in [0.1, 0.15) is 32.6 Å². The molecule has 5 aromatic rings. The van der Waals surface area contributed by atoms with Crippen molar-refractivity contribution >= 4 is 48.9 Å². The molecule has 1 aliphatic heterocycles. The van der Waals surface area contributed by atoms with E-state index in [0.717, 1.165) is 68.3 Å². The van der Waals surface area contributed by atoms with E-state index in [-0.39, 0.29) is 23.3 Å². The van der Waals surface area contributed by atoms with Crippen LogP contribution in [0.15, 0.2) is 54.9 Å². The standard InChI is InChI=1S/C40H42N6O4S2/c1-24-31(20-42-46(24)23-40-17-25-13-26(18-40)15-27(14-25)19-40)30-8-9-36(44-38(30)35(48)22-52(2,49)50)45-12-10-28-5-3-6-29(32(28)21-45)34(47)16-37-43-33-7-4-11-41-39(33)51-37/h3-9,11,20,25-27H,10,12-19,21-23H2,1-2H3. The Hall–Kier alpha value is -4.29. The summed E-state index contributed by atoms with van der Waals surface area (Å²) in [6.07, 6.45) is 13.5. The van der Waals surface area contributed by atoms with Crippen LogP contribution in [0.4, 0.5) is 5.82 Å². The molecule has 0 spiro atoms. The highest BCUT2D eigenvalue weighted by molar-refractivity contribution is 7.91. The first-order valence-corrected chi connectivity index (χ1v) is 21.2. The van der Waals surface area contributed by atoms with Crippen LogP contribution in [0.5, 0.6) is 0 Å². The van der Waals surface area contributed by atoms with Gasteiger partial charge in [0.15, 0.2) is 21.4 Å². The van der Waals surface area contributed by atoms with Gasteiger partial charge in [-0.1, -0.05) is 29.5 Å². The highest BCUT2D eigenvalue weighted by atomic mass is 32.2. The molecule has 10 nitrogen and oxygen atoms in total. The number of rotatable bonds is 10. The Balaban J connectivity index is 1.01. The highest BCUT2D eigenvalue weighted by Gasteiger charge is 2.51. The molecule has 12 heteroatoms. The zero-order valence-corrected chi connectivity index (χ0v) is 31.2. The predicted octanol–water partition coefficient (Wildman–Crippen LogP) is 6.69. The number of sulfone groups is 1. The van der Waals surface area contributed by atoms with E-state index in [1.807, 2.05) is 49.5 Å². The fraction of sp³-hybridized carbons (Fsp3) is 0.450. The molecular formula is C40H42N6O4S2. The van der Waals surface area contributed by atoms with E-state index in [1.54, 1.807) is 6.20 Å². The number of anilines is 1. The molecule has 4 fully saturated rings. The van der Waals surface area contributed by atoms with Crippen molar-refractivity contribution < 1.29 is 18.0 Å². The number of ketones is 2. The first-order chi connectivity index (χ1) is 25.0. The fourth-order valence-corrected chi connectivity index (χ4v) is 11.7. The number of Topliss-reactive ketones (excluding diaryl/α,β-unsaturated/α-hetero) is 2. The van der Waals surface area contributed by atoms with E-state index in [9.17, 15) is 18.0 Å². The zero-order valence-electron chi connectivity index (χ0n) is 29.5. The van der Waals surface area contributed by atoms with Crippen molar-refractivity contribution in [2.75, 3.05) is 23.5 Å². The third kappa shape index (κ3) is 6.27. The molecule has 0 radical (unpaired) electrons. The minimum atomic E-state index is -3.60. The summed E-state index contributed by atoms with van der Waals surface area (Å²) in [5.41, 5.74) is 6.30. The molecule has 0 amide bonds. The molecule has 268 valence electrons. The summed E-state index contributed by atoms with van der Waals surface area (Å²) in [6, 6.07) is 13.4. The number of carbonyl (C=O) groups is 2. The Morgan fingerprint density at radius 1 is 0.942 bits per heavy atom. The topological polar surface area (TPSA) is 128 Å². The average molecular weight is 735 g/mol. The number of carbonyl (C=O) groups excluding carboxylic acids is 2. The van der Waals surface area contributed by atoms with Gasteiger partial charge in [-0.2, -0.15) is 5.10 Å². The van der Waals surface area contributed by atoms with Gasteiger partial charge in [0, 0.05) is 54.5 Å². The van der Waals surface area contributed by atoms with Crippen molar-refractivity contribution in [3.8, 4) is 11.1 Å². The van der Waals surface area contributed by atoms with Crippen LogP contribution in [0.2, 0.25) is 0 Å². The van der Waals surface area contributed by atoms with E-state index in [0.29, 0.717) is 36.5 Å². The molecule has 5 aliphatic rings. The van der Waals surface area contributed by atoms with Crippen LogP contribution < -0.4 is 4.90 Å². The molecule has 4 bridgehead atoms. The van der Waals surface area contributed by atoms with Crippen molar-refractivity contribution in [3.05, 3.63) is 87.9 Å². The Bertz CT molecular complexity index is 2290. The van der Waals surface area contributed by atoms with Gasteiger partial charge in [0.2, 0.25) is 0 Å². The Labute approximate surface area is 307 Å². The molecule has 10 rings (SSSR count). The van der Waals surface area contributed by atoms with E-state index >= 15 is 0 Å². The molecule has 4 aliphatic carbocycles. The van der Waals surface area contributed by atoms with Gasteiger partial charge < -0.3 is 4.90 Å². The van der Waals surface area contributed by atoms with E-state index in [1.165, 1.54) is 49.9 Å². The number of thiazole rings is 1. The van der Waals surface area contributed by atoms with Crippen LogP contribution in [-0.2, 0) is 35.8 Å². The average Bonchev–Trinajstić information content (AvgIpc) is 3.67. The van der Waals surface area contributed by atoms with Gasteiger partial charge in [-0.15, -0.1) is 0 Å². The quantitative estimate of drug-likeness (QED) is 0.144. The van der Waals surface area contributed by atoms with Crippen LogP contribution >= 0.6 is 11.3 Å². The molecule has 0 N–H and O–H groups in total. The monoisotopic (exact) mass is 734 g/mol. The molecule has 4 aromatic heterocycles. The maximum absolute atomic E-state index is 13.7. The SMILES string of the molecule is Cc1c(-c2ccc(N3CCc4cccc(C(=O)Cc5nc6cccnc6s5)c4C3)nc2C(=O)CS(C)(=O)=O)cnn1CC12CC3CC(CC(C3)C1)C2. The lowest BCUT2D eigenvalue weighted by atomic mass is 9.49. The van der Waals surface area contributed by atoms with Crippen LogP contribution in [0.3, 0.4) is 0 Å². The predicted molar refractivity (Wildman–Crippen MR) is 201 cm³/mol. The highest BCUT2D eigenvalue weighted by Crippen LogP contribution is 2.60. The Kier molecular flexibility index (Phi) is 8.18. The van der Waals surface area contributed by atoms with Crippen molar-refractivity contribution in [1.82, 2.24) is 24.7 Å². The lowest BCUT2D eigenvalue weighted by Gasteiger charge is -2.56. The van der Waals surface area contributed by atoms with Gasteiger partial charge in [0.25, 0.3) is 0 Å². The summed E-state index contributed by atoms with van der Waals surface area (Å²) in [6.45, 7) is 4.01. The smallest absolute Gasteiger partial charge is 0.196 e. The lowest BCUT2D eigenvalue weighted by molar-refractivity contribution is -0.0638.